The van der Waals surface area contributed by atoms with Crippen LogP contribution >= 0.6 is 0 Å². The summed E-state index contributed by atoms with van der Waals surface area (Å²) < 4.78 is 0. The SMILES string of the molecule is C/C(=C\C(C(C)C)N(C)C(=O)[C@@H](N)C(C)(C)C)C(=O)O. The van der Waals surface area contributed by atoms with Gasteiger partial charge >= 0.3 is 5.97 Å². The van der Waals surface area contributed by atoms with Crippen LogP contribution in [0.4, 0.5) is 0 Å². The molecule has 0 saturated heterocycles. The molecule has 0 radical (unpaired) electrons. The fraction of sp³-hybridized carbons (Fsp3) is 0.733. The van der Waals surface area contributed by atoms with Crippen LogP contribution in [0.1, 0.15) is 41.5 Å². The third kappa shape index (κ3) is 4.96. The molecule has 0 aliphatic carbocycles. The van der Waals surface area contributed by atoms with Gasteiger partial charge in [-0.2, -0.15) is 0 Å². The summed E-state index contributed by atoms with van der Waals surface area (Å²) >= 11 is 0. The summed E-state index contributed by atoms with van der Waals surface area (Å²) in [5.74, 6) is -1.05. The standard InChI is InChI=1S/C15H28N2O3/c1-9(2)11(8-10(3)14(19)20)17(7)13(18)12(16)15(4,5)6/h8-9,11-12H,16H2,1-7H3,(H,19,20)/b10-8+/t11?,12-/m1/s1. The fourth-order valence-corrected chi connectivity index (χ4v) is 1.82. The number of nitrogens with zero attached hydrogens (tertiary/aromatic N) is 1. The Balaban J connectivity index is 5.28. The van der Waals surface area contributed by atoms with Crippen LogP contribution in [0.3, 0.4) is 0 Å². The first-order chi connectivity index (χ1) is 8.89. The van der Waals surface area contributed by atoms with Gasteiger partial charge in [-0.05, 0) is 18.3 Å². The maximum atomic E-state index is 12.4. The van der Waals surface area contributed by atoms with Crippen molar-refractivity contribution in [1.29, 1.82) is 0 Å². The zero-order chi connectivity index (χ0) is 16.2. The van der Waals surface area contributed by atoms with Gasteiger partial charge in [-0.1, -0.05) is 40.7 Å². The molecule has 0 heterocycles. The second-order valence-corrected chi connectivity index (χ2v) is 6.68. The van der Waals surface area contributed by atoms with Crippen LogP contribution in [-0.4, -0.2) is 41.0 Å². The third-order valence-corrected chi connectivity index (χ3v) is 3.44. The quantitative estimate of drug-likeness (QED) is 0.755. The lowest BCUT2D eigenvalue weighted by Gasteiger charge is -2.35. The van der Waals surface area contributed by atoms with E-state index in [1.54, 1.807) is 18.0 Å². The molecule has 1 unspecified atom stereocenters. The number of hydrogen-bond acceptors (Lipinski definition) is 3. The molecule has 0 aromatic heterocycles. The Hall–Kier alpha value is -1.36. The average Bonchev–Trinajstić information content (AvgIpc) is 2.31. The van der Waals surface area contributed by atoms with Gasteiger partial charge < -0.3 is 15.7 Å². The monoisotopic (exact) mass is 284 g/mol. The highest BCUT2D eigenvalue weighted by Crippen LogP contribution is 2.21. The zero-order valence-corrected chi connectivity index (χ0v) is 13.6. The Morgan fingerprint density at radius 1 is 1.25 bits per heavy atom. The molecule has 20 heavy (non-hydrogen) atoms. The molecule has 0 aromatic carbocycles. The number of carbonyl (C=O) groups is 2. The summed E-state index contributed by atoms with van der Waals surface area (Å²) in [7, 11) is 1.67. The highest BCUT2D eigenvalue weighted by molar-refractivity contribution is 5.86. The van der Waals surface area contributed by atoms with Gasteiger partial charge in [0, 0.05) is 12.6 Å². The number of likely N-dealkylation sites (N-methyl/N-ethyl adjacent to an activating group) is 1. The molecule has 3 N–H and O–H groups in total. The largest absolute Gasteiger partial charge is 0.478 e. The number of nitrogens with two attached hydrogens (primary N) is 1. The summed E-state index contributed by atoms with van der Waals surface area (Å²) in [6.07, 6.45) is 1.61. The maximum absolute atomic E-state index is 12.4. The van der Waals surface area contributed by atoms with Gasteiger partial charge in [0.1, 0.15) is 0 Å². The van der Waals surface area contributed by atoms with Crippen LogP contribution < -0.4 is 5.73 Å². The van der Waals surface area contributed by atoms with Crippen molar-refractivity contribution in [3.63, 3.8) is 0 Å². The molecule has 0 bridgehead atoms. The average molecular weight is 284 g/mol. The van der Waals surface area contributed by atoms with Crippen molar-refractivity contribution in [2.24, 2.45) is 17.1 Å². The van der Waals surface area contributed by atoms with Gasteiger partial charge in [-0.3, -0.25) is 4.79 Å². The summed E-state index contributed by atoms with van der Waals surface area (Å²) in [5.41, 5.74) is 5.89. The van der Waals surface area contributed by atoms with E-state index < -0.39 is 12.0 Å². The van der Waals surface area contributed by atoms with Gasteiger partial charge in [0.05, 0.1) is 12.1 Å². The first-order valence-corrected chi connectivity index (χ1v) is 6.83. The molecule has 116 valence electrons. The van der Waals surface area contributed by atoms with E-state index in [4.69, 9.17) is 10.8 Å². The Morgan fingerprint density at radius 2 is 1.70 bits per heavy atom. The normalized spacial score (nSPS) is 15.9. The van der Waals surface area contributed by atoms with Crippen LogP contribution in [0.2, 0.25) is 0 Å². The summed E-state index contributed by atoms with van der Waals surface area (Å²) in [4.78, 5) is 24.9. The van der Waals surface area contributed by atoms with Crippen LogP contribution in [-0.2, 0) is 9.59 Å². The van der Waals surface area contributed by atoms with Crippen LogP contribution in [0.25, 0.3) is 0 Å². The van der Waals surface area contributed by atoms with E-state index in [0.29, 0.717) is 0 Å². The van der Waals surface area contributed by atoms with Crippen molar-refractivity contribution in [2.45, 2.75) is 53.6 Å². The fourth-order valence-electron chi connectivity index (χ4n) is 1.82. The molecular formula is C15H28N2O3. The molecular weight excluding hydrogens is 256 g/mol. The van der Waals surface area contributed by atoms with E-state index in [-0.39, 0.29) is 28.9 Å². The predicted molar refractivity (Wildman–Crippen MR) is 80.2 cm³/mol. The Bertz CT molecular complexity index is 394. The van der Waals surface area contributed by atoms with Gasteiger partial charge in [0.25, 0.3) is 0 Å². The van der Waals surface area contributed by atoms with Crippen molar-refractivity contribution in [3.8, 4) is 0 Å². The molecule has 2 atom stereocenters. The van der Waals surface area contributed by atoms with E-state index in [2.05, 4.69) is 0 Å². The molecule has 0 fully saturated rings. The lowest BCUT2D eigenvalue weighted by molar-refractivity contribution is -0.136. The summed E-state index contributed by atoms with van der Waals surface area (Å²) in [5, 5.41) is 8.98. The number of carboxylic acid groups (broad SMARTS) is 1. The second-order valence-electron chi connectivity index (χ2n) is 6.68. The number of carbonyl (C=O) groups excluding carboxylic acids is 1. The number of aliphatic carboxylic acids is 1. The van der Waals surface area contributed by atoms with Crippen molar-refractivity contribution in [3.05, 3.63) is 11.6 Å². The minimum absolute atomic E-state index is 0.102. The topological polar surface area (TPSA) is 83.6 Å². The minimum atomic E-state index is -0.975. The van der Waals surface area contributed by atoms with E-state index >= 15 is 0 Å². The van der Waals surface area contributed by atoms with Crippen LogP contribution in [0.15, 0.2) is 11.6 Å². The van der Waals surface area contributed by atoms with Crippen LogP contribution in [0.5, 0.6) is 0 Å². The molecule has 1 amide bonds. The molecule has 5 heteroatoms. The molecule has 0 saturated carbocycles. The zero-order valence-electron chi connectivity index (χ0n) is 13.6. The number of carboxylic acids is 1. The van der Waals surface area contributed by atoms with Crippen molar-refractivity contribution in [1.82, 2.24) is 4.90 Å². The number of amides is 1. The Kier molecular flexibility index (Phi) is 6.41. The van der Waals surface area contributed by atoms with Gasteiger partial charge in [-0.15, -0.1) is 0 Å². The highest BCUT2D eigenvalue weighted by Gasteiger charge is 2.32. The third-order valence-electron chi connectivity index (χ3n) is 3.44. The highest BCUT2D eigenvalue weighted by atomic mass is 16.4. The van der Waals surface area contributed by atoms with Gasteiger partial charge in [0.2, 0.25) is 5.91 Å². The van der Waals surface area contributed by atoms with Crippen molar-refractivity contribution < 1.29 is 14.7 Å². The van der Waals surface area contributed by atoms with Crippen molar-refractivity contribution >= 4 is 11.9 Å². The maximum Gasteiger partial charge on any atom is 0.331 e. The van der Waals surface area contributed by atoms with E-state index in [1.165, 1.54) is 6.92 Å². The second kappa shape index (κ2) is 6.88. The van der Waals surface area contributed by atoms with E-state index in [9.17, 15) is 9.59 Å². The predicted octanol–water partition coefficient (Wildman–Crippen LogP) is 1.87. The summed E-state index contributed by atoms with van der Waals surface area (Å²) in [6.45, 7) is 11.1. The van der Waals surface area contributed by atoms with Gasteiger partial charge in [-0.25, -0.2) is 4.79 Å². The van der Waals surface area contributed by atoms with Crippen molar-refractivity contribution in [2.75, 3.05) is 7.05 Å². The molecule has 5 nitrogen and oxygen atoms in total. The molecule has 0 aliphatic rings. The van der Waals surface area contributed by atoms with E-state index in [1.807, 2.05) is 34.6 Å². The lowest BCUT2D eigenvalue weighted by Crippen LogP contribution is -2.52. The Morgan fingerprint density at radius 3 is 2.00 bits per heavy atom. The minimum Gasteiger partial charge on any atom is -0.478 e. The van der Waals surface area contributed by atoms with Crippen LogP contribution in [0, 0.1) is 11.3 Å². The van der Waals surface area contributed by atoms with Gasteiger partial charge in [0.15, 0.2) is 0 Å². The molecule has 0 spiro atoms. The number of rotatable bonds is 5. The lowest BCUT2D eigenvalue weighted by atomic mass is 9.86. The van der Waals surface area contributed by atoms with E-state index in [0.717, 1.165) is 0 Å². The molecule has 0 aliphatic heterocycles. The first kappa shape index (κ1) is 18.6. The first-order valence-electron chi connectivity index (χ1n) is 6.83. The molecule has 0 aromatic rings. The number of hydrogen-bond donors (Lipinski definition) is 2. The Labute approximate surface area is 121 Å². The summed E-state index contributed by atoms with van der Waals surface area (Å²) in [6, 6.07) is -0.903. The smallest absolute Gasteiger partial charge is 0.331 e. The molecule has 0 rings (SSSR count).